The number of benzene rings is 4. The predicted octanol–water partition coefficient (Wildman–Crippen LogP) is 5.40. The zero-order chi connectivity index (χ0) is 27.2. The molecule has 1 aliphatic heterocycles. The Labute approximate surface area is 229 Å². The average molecular weight is 500 g/mol. The molecule has 0 amide bonds. The van der Waals surface area contributed by atoms with E-state index in [1.807, 2.05) is 0 Å². The van der Waals surface area contributed by atoms with Gasteiger partial charge in [-0.1, -0.05) is 118 Å². The monoisotopic (exact) mass is 500 g/mol. The summed E-state index contributed by atoms with van der Waals surface area (Å²) in [6, 6.07) is 30.8. The topological polar surface area (TPSA) is 18.5 Å². The Balaban J connectivity index is 1.65. The second kappa shape index (κ2) is 9.91. The van der Waals surface area contributed by atoms with Gasteiger partial charge >= 0.3 is 7.12 Å². The highest BCUT2D eigenvalue weighted by Gasteiger charge is 2.51. The van der Waals surface area contributed by atoms with E-state index in [1.54, 1.807) is 0 Å². The van der Waals surface area contributed by atoms with Crippen molar-refractivity contribution in [2.45, 2.75) is 66.6 Å². The lowest BCUT2D eigenvalue weighted by atomic mass is 9.34. The SMILES string of the molecule is Cc1ccccc1B(c1ccccc1C)c1c(C)ccc(-c2cccc(B3OC(C)(C)C(C)(C)O3)c2)c1C. The average Bonchev–Trinajstić information content (AvgIpc) is 3.10. The molecule has 1 heterocycles. The molecule has 5 rings (SSSR count). The Hall–Kier alpha value is -3.07. The largest absolute Gasteiger partial charge is 0.494 e. The van der Waals surface area contributed by atoms with Gasteiger partial charge in [0.1, 0.15) is 0 Å². The van der Waals surface area contributed by atoms with Crippen molar-refractivity contribution < 1.29 is 9.31 Å². The summed E-state index contributed by atoms with van der Waals surface area (Å²) in [7, 11) is -0.378. The van der Waals surface area contributed by atoms with Crippen LogP contribution in [0, 0.1) is 27.7 Å². The molecular formula is C34H38B2O2. The molecule has 1 fully saturated rings. The van der Waals surface area contributed by atoms with Gasteiger partial charge < -0.3 is 9.31 Å². The van der Waals surface area contributed by atoms with E-state index in [4.69, 9.17) is 9.31 Å². The first kappa shape index (κ1) is 26.5. The van der Waals surface area contributed by atoms with Gasteiger partial charge in [-0.05, 0) is 77.5 Å². The highest BCUT2D eigenvalue weighted by Crippen LogP contribution is 2.36. The van der Waals surface area contributed by atoms with E-state index in [0.29, 0.717) is 0 Å². The van der Waals surface area contributed by atoms with Crippen LogP contribution in [0.25, 0.3) is 11.1 Å². The molecule has 2 nitrogen and oxygen atoms in total. The van der Waals surface area contributed by atoms with E-state index in [2.05, 4.69) is 140 Å². The van der Waals surface area contributed by atoms with Crippen LogP contribution < -0.4 is 21.9 Å². The highest BCUT2D eigenvalue weighted by molar-refractivity contribution is 6.96. The van der Waals surface area contributed by atoms with Crippen LogP contribution in [0.1, 0.15) is 49.9 Å². The third kappa shape index (κ3) is 4.65. The first-order chi connectivity index (χ1) is 18.0. The van der Waals surface area contributed by atoms with E-state index in [0.717, 1.165) is 5.46 Å². The van der Waals surface area contributed by atoms with Crippen molar-refractivity contribution in [1.29, 1.82) is 0 Å². The molecule has 1 saturated heterocycles. The minimum atomic E-state index is -0.378. The van der Waals surface area contributed by atoms with E-state index >= 15 is 0 Å². The van der Waals surface area contributed by atoms with Crippen molar-refractivity contribution in [3.8, 4) is 11.1 Å². The molecular weight excluding hydrogens is 462 g/mol. The van der Waals surface area contributed by atoms with Gasteiger partial charge in [-0.3, -0.25) is 0 Å². The van der Waals surface area contributed by atoms with E-state index in [-0.39, 0.29) is 25.0 Å². The molecule has 4 aromatic rings. The van der Waals surface area contributed by atoms with Gasteiger partial charge in [0, 0.05) is 0 Å². The van der Waals surface area contributed by atoms with Crippen LogP contribution in [-0.4, -0.2) is 25.0 Å². The summed E-state index contributed by atoms with van der Waals surface area (Å²) in [5, 5.41) is 0. The fourth-order valence-corrected chi connectivity index (χ4v) is 5.75. The van der Waals surface area contributed by atoms with Crippen LogP contribution in [0.2, 0.25) is 0 Å². The minimum Gasteiger partial charge on any atom is -0.399 e. The number of hydrogen-bond acceptors (Lipinski definition) is 2. The first-order valence-electron chi connectivity index (χ1n) is 13.7. The molecule has 192 valence electrons. The van der Waals surface area contributed by atoms with E-state index in [9.17, 15) is 0 Å². The van der Waals surface area contributed by atoms with Crippen LogP contribution >= 0.6 is 0 Å². The summed E-state index contributed by atoms with van der Waals surface area (Å²) in [5.74, 6) is 0. The third-order valence-corrected chi connectivity index (χ3v) is 8.74. The van der Waals surface area contributed by atoms with Gasteiger partial charge in [-0.2, -0.15) is 0 Å². The summed E-state index contributed by atoms with van der Waals surface area (Å²) < 4.78 is 12.7. The second-order valence-corrected chi connectivity index (χ2v) is 11.8. The summed E-state index contributed by atoms with van der Waals surface area (Å²) >= 11 is 0. The second-order valence-electron chi connectivity index (χ2n) is 11.8. The highest BCUT2D eigenvalue weighted by atomic mass is 16.7. The predicted molar refractivity (Wildman–Crippen MR) is 164 cm³/mol. The molecule has 4 aromatic carbocycles. The summed E-state index contributed by atoms with van der Waals surface area (Å²) in [4.78, 5) is 0. The molecule has 0 bridgehead atoms. The van der Waals surface area contributed by atoms with Gasteiger partial charge in [-0.25, -0.2) is 0 Å². The number of hydrogen-bond donors (Lipinski definition) is 0. The lowest BCUT2D eigenvalue weighted by Crippen LogP contribution is -2.55. The summed E-state index contributed by atoms with van der Waals surface area (Å²) in [5.41, 5.74) is 12.1. The van der Waals surface area contributed by atoms with Crippen LogP contribution in [-0.2, 0) is 9.31 Å². The van der Waals surface area contributed by atoms with Crippen LogP contribution in [0.5, 0.6) is 0 Å². The standard InChI is InChI=1S/C34H38B2O2/c1-23-14-9-11-18-30(23)35(31-19-12-10-15-24(31)2)32-25(3)20-21-29(26(32)4)27-16-13-17-28(22-27)36-37-33(5,6)34(7,8)38-36/h9-22H,1-8H3. The van der Waals surface area contributed by atoms with Crippen LogP contribution in [0.15, 0.2) is 84.9 Å². The Bertz CT molecular complexity index is 1430. The van der Waals surface area contributed by atoms with E-state index in [1.165, 1.54) is 49.8 Å². The molecule has 0 unspecified atom stereocenters. The normalized spacial score (nSPS) is 16.1. The fraction of sp³-hybridized carbons (Fsp3) is 0.294. The zero-order valence-corrected chi connectivity index (χ0v) is 24.1. The van der Waals surface area contributed by atoms with Crippen molar-refractivity contribution in [1.82, 2.24) is 0 Å². The maximum absolute atomic E-state index is 6.37. The molecule has 0 saturated carbocycles. The number of rotatable bonds is 5. The zero-order valence-electron chi connectivity index (χ0n) is 24.1. The lowest BCUT2D eigenvalue weighted by molar-refractivity contribution is 0.00578. The lowest BCUT2D eigenvalue weighted by Gasteiger charge is -2.32. The summed E-state index contributed by atoms with van der Waals surface area (Å²) in [6.07, 6.45) is 0. The quantitative estimate of drug-likeness (QED) is 0.342. The Morgan fingerprint density at radius 2 is 1.16 bits per heavy atom. The van der Waals surface area contributed by atoms with Crippen molar-refractivity contribution in [3.63, 3.8) is 0 Å². The Morgan fingerprint density at radius 3 is 1.71 bits per heavy atom. The van der Waals surface area contributed by atoms with Gasteiger partial charge in [0.15, 0.2) is 0 Å². The van der Waals surface area contributed by atoms with Gasteiger partial charge in [0.2, 0.25) is 6.71 Å². The van der Waals surface area contributed by atoms with E-state index < -0.39 is 0 Å². The van der Waals surface area contributed by atoms with Crippen molar-refractivity contribution in [2.24, 2.45) is 0 Å². The molecule has 0 atom stereocenters. The molecule has 38 heavy (non-hydrogen) atoms. The first-order valence-corrected chi connectivity index (χ1v) is 13.7. The van der Waals surface area contributed by atoms with Crippen molar-refractivity contribution in [2.75, 3.05) is 0 Å². The Kier molecular flexibility index (Phi) is 6.92. The molecule has 4 heteroatoms. The van der Waals surface area contributed by atoms with Gasteiger partial charge in [0.05, 0.1) is 11.2 Å². The van der Waals surface area contributed by atoms with Crippen LogP contribution in [0.3, 0.4) is 0 Å². The molecule has 0 spiro atoms. The minimum absolute atomic E-state index is 0.156. The summed E-state index contributed by atoms with van der Waals surface area (Å²) in [6.45, 7) is 17.5. The maximum Gasteiger partial charge on any atom is 0.494 e. The van der Waals surface area contributed by atoms with Gasteiger partial charge in [-0.15, -0.1) is 0 Å². The number of aryl methyl sites for hydroxylation is 3. The molecule has 0 radical (unpaired) electrons. The molecule has 0 aliphatic carbocycles. The van der Waals surface area contributed by atoms with Gasteiger partial charge in [0.25, 0.3) is 0 Å². The van der Waals surface area contributed by atoms with Crippen LogP contribution in [0.4, 0.5) is 0 Å². The Morgan fingerprint density at radius 1 is 0.605 bits per heavy atom. The maximum atomic E-state index is 6.37. The smallest absolute Gasteiger partial charge is 0.399 e. The van der Waals surface area contributed by atoms with Crippen molar-refractivity contribution >= 4 is 35.7 Å². The van der Waals surface area contributed by atoms with Crippen molar-refractivity contribution in [3.05, 3.63) is 107 Å². The molecule has 0 aromatic heterocycles. The molecule has 0 N–H and O–H groups in total. The third-order valence-electron chi connectivity index (χ3n) is 8.74. The molecule has 1 aliphatic rings. The fourth-order valence-electron chi connectivity index (χ4n) is 5.75.